The summed E-state index contributed by atoms with van der Waals surface area (Å²) in [6.07, 6.45) is 3.72. The maximum Gasteiger partial charge on any atom is 0.410 e. The molecule has 0 aromatic heterocycles. The van der Waals surface area contributed by atoms with Gasteiger partial charge in [-0.25, -0.2) is 9.59 Å². The number of Topliss-reactive ketones (excluding diaryl/α,β-unsaturated/α-hetero) is 2. The van der Waals surface area contributed by atoms with Crippen LogP contribution >= 0.6 is 0 Å². The van der Waals surface area contributed by atoms with Crippen LogP contribution in [0.2, 0.25) is 0 Å². The first-order valence-corrected chi connectivity index (χ1v) is 38.7. The molecule has 2 aromatic carbocycles. The van der Waals surface area contributed by atoms with Crippen LogP contribution in [0.4, 0.5) is 15.3 Å². The minimum Gasteiger partial charge on any atom is -0.465 e. The number of amides is 8. The molecular weight excluding hydrogens is 1370 g/mol. The summed E-state index contributed by atoms with van der Waals surface area (Å²) in [5.74, 6) is 2.01. The molecule has 2 unspecified atom stereocenters. The fraction of sp³-hybridized carbons (Fsp3) is 0.704. The number of anilines is 1. The Balaban J connectivity index is 1.08. The molecule has 1 aliphatic heterocycles. The number of carbonyl (C=O) groups is 10. The molecule has 7 N–H and O–H groups in total. The van der Waals surface area contributed by atoms with Crippen molar-refractivity contribution in [1.29, 1.82) is 0 Å². The topological polar surface area (TPSA) is 339 Å². The molecule has 8 amide bonds. The van der Waals surface area contributed by atoms with Gasteiger partial charge in [-0.1, -0.05) is 111 Å². The Morgan fingerprint density at radius 1 is 0.682 bits per heavy atom. The maximum atomic E-state index is 14.9. The number of urea groups is 1. The van der Waals surface area contributed by atoms with Gasteiger partial charge >= 0.3 is 18.1 Å². The molecule has 0 radical (unpaired) electrons. The number of methoxy groups -OCH3 is 2. The van der Waals surface area contributed by atoms with Crippen LogP contribution in [0, 0.1) is 71.0 Å². The number of ketones is 2. The average Bonchev–Trinajstić information content (AvgIpc) is 1.63. The molecule has 2 aromatic rings. The fourth-order valence-electron chi connectivity index (χ4n) is 14.9. The Bertz CT molecular complexity index is 3180. The number of hydrogen-bond acceptors (Lipinski definition) is 18. The number of benzene rings is 2. The number of aliphatic hydroxyl groups excluding tert-OH is 1. The number of ether oxygens (including phenoxy) is 7. The molecule has 3 aliphatic rings. The SMILES string of the molecule is CC[C@H](C)[C@@H]([C@@H](CC(=O)N1CCC[C@@H]1[C@@H](OC)[C@H](C)C(=O)N[C@@H](C)[C@H](O)c1ccccc1)OC)N(C)C(=O)[C@@H](CC(=O)[C@H](C(C)C)N(C)C(=O)OCc1ccc(NC(=O)[C@H](CCCNC(N)=O)CC(=O)[C@@H](NC(=O)CCOCCOCCOCCCC(=O)OCC2C3CCC#CCCC32)C(C)C)cc1)C(C)C. The van der Waals surface area contributed by atoms with Crippen LogP contribution in [-0.2, 0) is 78.1 Å². The van der Waals surface area contributed by atoms with E-state index in [1.54, 1.807) is 80.9 Å². The van der Waals surface area contributed by atoms with E-state index in [1.165, 1.54) is 26.2 Å². The molecule has 1 heterocycles. The van der Waals surface area contributed by atoms with Crippen molar-refractivity contribution in [3.8, 4) is 11.8 Å². The summed E-state index contributed by atoms with van der Waals surface area (Å²) in [5.41, 5.74) is 6.91. The van der Waals surface area contributed by atoms with Crippen molar-refractivity contribution in [1.82, 2.24) is 30.7 Å². The Morgan fingerprint density at radius 3 is 1.91 bits per heavy atom. The predicted octanol–water partition coefficient (Wildman–Crippen LogP) is 8.98. The lowest BCUT2D eigenvalue weighted by molar-refractivity contribution is -0.149. The van der Waals surface area contributed by atoms with Crippen LogP contribution in [0.15, 0.2) is 54.6 Å². The number of carbonyl (C=O) groups excluding carboxylic acids is 10. The first-order valence-electron chi connectivity index (χ1n) is 38.7. The maximum absolute atomic E-state index is 14.9. The van der Waals surface area contributed by atoms with E-state index in [9.17, 15) is 53.1 Å². The second-order valence-electron chi connectivity index (χ2n) is 30.2. The van der Waals surface area contributed by atoms with E-state index in [0.29, 0.717) is 106 Å². The third kappa shape index (κ3) is 29.1. The lowest BCUT2D eigenvalue weighted by Crippen LogP contribution is -2.55. The molecule has 107 heavy (non-hydrogen) atoms. The van der Waals surface area contributed by atoms with Crippen LogP contribution in [0.5, 0.6) is 0 Å². The van der Waals surface area contributed by atoms with E-state index in [4.69, 9.17) is 38.9 Å². The summed E-state index contributed by atoms with van der Waals surface area (Å²) in [6, 6.07) is 11.4. The normalized spacial score (nSPS) is 19.3. The van der Waals surface area contributed by atoms with Crippen molar-refractivity contribution in [3.05, 3.63) is 65.7 Å². The summed E-state index contributed by atoms with van der Waals surface area (Å²) >= 11 is 0. The summed E-state index contributed by atoms with van der Waals surface area (Å²) < 4.78 is 40.2. The summed E-state index contributed by atoms with van der Waals surface area (Å²) in [5, 5.41) is 22.1. The van der Waals surface area contributed by atoms with Gasteiger partial charge in [0.15, 0.2) is 11.6 Å². The van der Waals surface area contributed by atoms with Crippen molar-refractivity contribution >= 4 is 64.9 Å². The number of esters is 1. The Kier molecular flexibility index (Phi) is 39.3. The van der Waals surface area contributed by atoms with E-state index < -0.39 is 90.2 Å². The molecule has 14 atom stereocenters. The molecular formula is C81H126N8O18. The standard InChI is InChI=1S/C81H126N8O18/c1-15-54(8)74(68(101-13)48-70(93)89-39-24-31-65(89)76(102-14)55(9)77(96)84-56(10)75(95)58-26-19-18-20-27-58)87(11)79(98)63(51(2)3)47-67(91)73(53(6)7)88(12)81(100)107-49-57-33-35-60(36-34-57)85-78(97)59(28-23-38-83-80(82)99)46-66(90)72(52(4)5)86-69(92)37-41-104-43-45-105-44-42-103-40-25-32-71(94)106-50-64-61-29-21-16-17-22-30-62(61)64/h18-20,26-27,33-36,51-56,59,61-65,68,72-76,95H,15,21-25,28-32,37-50H2,1-14H3,(H,84,96)(H,85,97)(H,86,92)(H3,82,83,99)/t54-,55-,56-,59+,61?,62?,63-,64?,65+,68+,72-,73-,74-,75-,76-/m0/s1. The number of nitrogens with zero attached hydrogens (tertiary/aromatic N) is 3. The number of likely N-dealkylation sites (tertiary alicyclic amines) is 1. The van der Waals surface area contributed by atoms with Crippen LogP contribution in [-0.4, -0.2) is 209 Å². The molecule has 0 spiro atoms. The minimum absolute atomic E-state index is 0.0206. The van der Waals surface area contributed by atoms with Gasteiger partial charge in [0.25, 0.3) is 0 Å². The molecule has 0 bridgehead atoms. The highest BCUT2D eigenvalue weighted by atomic mass is 16.6. The van der Waals surface area contributed by atoms with Gasteiger partial charge in [-0.05, 0) is 117 Å². The number of nitrogens with one attached hydrogen (secondary N) is 4. The Labute approximate surface area is 635 Å². The summed E-state index contributed by atoms with van der Waals surface area (Å²) in [4.78, 5) is 141. The zero-order valence-electron chi connectivity index (χ0n) is 66.1. The largest absolute Gasteiger partial charge is 0.465 e. The lowest BCUT2D eigenvalue weighted by atomic mass is 9.83. The van der Waals surface area contributed by atoms with Gasteiger partial charge < -0.3 is 80.0 Å². The Hall–Kier alpha value is -7.54. The first-order chi connectivity index (χ1) is 51.0. The van der Waals surface area contributed by atoms with Crippen molar-refractivity contribution in [2.75, 3.05) is 93.0 Å². The van der Waals surface area contributed by atoms with Gasteiger partial charge in [-0.3, -0.25) is 38.4 Å². The third-order valence-electron chi connectivity index (χ3n) is 21.4. The van der Waals surface area contributed by atoms with Gasteiger partial charge in [0.1, 0.15) is 6.61 Å². The quantitative estimate of drug-likeness (QED) is 0.0204. The van der Waals surface area contributed by atoms with Crippen LogP contribution in [0.25, 0.3) is 0 Å². The Morgan fingerprint density at radius 2 is 1.32 bits per heavy atom. The zero-order valence-corrected chi connectivity index (χ0v) is 66.1. The summed E-state index contributed by atoms with van der Waals surface area (Å²) in [6.45, 7) is 21.0. The van der Waals surface area contributed by atoms with E-state index in [0.717, 1.165) is 25.7 Å². The van der Waals surface area contributed by atoms with E-state index in [-0.39, 0.29) is 124 Å². The van der Waals surface area contributed by atoms with E-state index in [1.807, 2.05) is 59.7 Å². The van der Waals surface area contributed by atoms with Crippen molar-refractivity contribution in [3.63, 3.8) is 0 Å². The monoisotopic (exact) mass is 1500 g/mol. The number of nitrogens with two attached hydrogens (primary N) is 1. The summed E-state index contributed by atoms with van der Waals surface area (Å²) in [7, 11) is 6.21. The van der Waals surface area contributed by atoms with Gasteiger partial charge in [0.05, 0.1) is 101 Å². The second-order valence-corrected chi connectivity index (χ2v) is 30.2. The number of rotatable bonds is 49. The van der Waals surface area contributed by atoms with E-state index >= 15 is 0 Å². The van der Waals surface area contributed by atoms with Crippen molar-refractivity contribution < 1.29 is 86.2 Å². The number of aliphatic hydroxyl groups is 1. The van der Waals surface area contributed by atoms with E-state index in [2.05, 4.69) is 33.1 Å². The van der Waals surface area contributed by atoms with Gasteiger partial charge in [0, 0.05) is 104 Å². The highest BCUT2D eigenvalue weighted by Gasteiger charge is 2.50. The molecule has 1 saturated carbocycles. The number of likely N-dealkylation sites (N-methyl/N-ethyl adjacent to an activating group) is 2. The number of fused-ring (bicyclic) bond motifs is 1. The fourth-order valence-corrected chi connectivity index (χ4v) is 14.9. The highest BCUT2D eigenvalue weighted by Crippen LogP contribution is 2.52. The number of primary amides is 1. The van der Waals surface area contributed by atoms with Crippen molar-refractivity contribution in [2.45, 2.75) is 221 Å². The molecule has 2 fully saturated rings. The molecule has 5 rings (SSSR count). The predicted molar refractivity (Wildman–Crippen MR) is 405 cm³/mol. The highest BCUT2D eigenvalue weighted by molar-refractivity contribution is 5.97. The van der Waals surface area contributed by atoms with Crippen LogP contribution < -0.4 is 27.0 Å². The first kappa shape index (κ1) is 90.1. The molecule has 26 nitrogen and oxygen atoms in total. The third-order valence-corrected chi connectivity index (χ3v) is 21.4. The minimum atomic E-state index is -0.972. The van der Waals surface area contributed by atoms with Gasteiger partial charge in [0.2, 0.25) is 29.5 Å². The van der Waals surface area contributed by atoms with Gasteiger partial charge in [-0.15, -0.1) is 11.8 Å². The lowest BCUT2D eigenvalue weighted by Gasteiger charge is -2.41. The molecule has 598 valence electrons. The van der Waals surface area contributed by atoms with Crippen LogP contribution in [0.3, 0.4) is 0 Å². The smallest absolute Gasteiger partial charge is 0.410 e. The second kappa shape index (κ2) is 46.7. The number of hydrogen-bond donors (Lipinski definition) is 6. The van der Waals surface area contributed by atoms with Gasteiger partial charge in [-0.2, -0.15) is 0 Å². The molecule has 1 saturated heterocycles. The van der Waals surface area contributed by atoms with Crippen molar-refractivity contribution in [2.24, 2.45) is 64.9 Å². The van der Waals surface area contributed by atoms with Crippen LogP contribution in [0.1, 0.15) is 183 Å². The molecule has 2 aliphatic carbocycles. The molecule has 26 heteroatoms. The average molecular weight is 1500 g/mol. The zero-order chi connectivity index (χ0) is 78.9.